The van der Waals surface area contributed by atoms with Crippen LogP contribution in [0.1, 0.15) is 38.5 Å². The Kier molecular flexibility index (Phi) is 5.77. The Labute approximate surface area is 181 Å². The number of sulfone groups is 1. The van der Waals surface area contributed by atoms with Crippen LogP contribution in [0.25, 0.3) is 0 Å². The van der Waals surface area contributed by atoms with Gasteiger partial charge in [0.25, 0.3) is 0 Å². The molecule has 9 heteroatoms. The maximum Gasteiger partial charge on any atom is 0.403 e. The monoisotopic (exact) mass is 458 g/mol. The van der Waals surface area contributed by atoms with Crippen LogP contribution in [0.4, 0.5) is 18.9 Å². The van der Waals surface area contributed by atoms with Crippen LogP contribution >= 0.6 is 0 Å². The summed E-state index contributed by atoms with van der Waals surface area (Å²) < 4.78 is 63.0. The third kappa shape index (κ3) is 4.43. The molecule has 2 aliphatic heterocycles. The first-order valence-corrected chi connectivity index (χ1v) is 12.8. The zero-order valence-corrected chi connectivity index (χ0v) is 18.5. The van der Waals surface area contributed by atoms with Crippen molar-refractivity contribution in [1.29, 1.82) is 0 Å². The lowest BCUT2D eigenvalue weighted by Gasteiger charge is -2.41. The van der Waals surface area contributed by atoms with Gasteiger partial charge in [0.15, 0.2) is 9.84 Å². The number of piperidine rings is 2. The van der Waals surface area contributed by atoms with Crippen molar-refractivity contribution in [2.45, 2.75) is 49.6 Å². The standard InChI is InChI=1S/C22H29F3N2O3S/c1-31(29,30)19-4-2-18(3-5-19)26-12-6-16(7-13-26)17-8-14-27(15-9-17)20(28)21(10-11-21)22(23,24)25/h2-5,16-17H,6-15H2,1H3. The molecular formula is C22H29F3N2O3S. The van der Waals surface area contributed by atoms with Crippen LogP contribution in [0.2, 0.25) is 0 Å². The smallest absolute Gasteiger partial charge is 0.372 e. The first-order valence-electron chi connectivity index (χ1n) is 10.9. The molecular weight excluding hydrogens is 429 g/mol. The molecule has 31 heavy (non-hydrogen) atoms. The molecule has 1 amide bonds. The quantitative estimate of drug-likeness (QED) is 0.687. The van der Waals surface area contributed by atoms with E-state index in [4.69, 9.17) is 0 Å². The fourth-order valence-corrected chi connectivity index (χ4v) is 5.78. The van der Waals surface area contributed by atoms with Crippen molar-refractivity contribution < 1.29 is 26.4 Å². The predicted molar refractivity (Wildman–Crippen MR) is 112 cm³/mol. The van der Waals surface area contributed by atoms with E-state index in [2.05, 4.69) is 4.90 Å². The van der Waals surface area contributed by atoms with Gasteiger partial charge in [-0.15, -0.1) is 0 Å². The molecule has 1 aliphatic carbocycles. The summed E-state index contributed by atoms with van der Waals surface area (Å²) >= 11 is 0. The molecule has 1 aromatic carbocycles. The van der Waals surface area contributed by atoms with Crippen molar-refractivity contribution in [2.24, 2.45) is 17.3 Å². The van der Waals surface area contributed by atoms with E-state index in [9.17, 15) is 26.4 Å². The number of benzene rings is 1. The highest BCUT2D eigenvalue weighted by Gasteiger charge is 2.69. The number of halogens is 3. The zero-order valence-electron chi connectivity index (χ0n) is 17.7. The molecule has 0 N–H and O–H groups in total. The Morgan fingerprint density at radius 3 is 1.84 bits per heavy atom. The van der Waals surface area contributed by atoms with Crippen LogP contribution < -0.4 is 4.90 Å². The van der Waals surface area contributed by atoms with Gasteiger partial charge in [0.05, 0.1) is 4.90 Å². The summed E-state index contributed by atoms with van der Waals surface area (Å²) in [4.78, 5) is 16.5. The van der Waals surface area contributed by atoms with Gasteiger partial charge in [-0.25, -0.2) is 8.42 Å². The van der Waals surface area contributed by atoms with Crippen LogP contribution in [0.15, 0.2) is 29.2 Å². The van der Waals surface area contributed by atoms with Gasteiger partial charge in [-0.05, 0) is 74.6 Å². The minimum Gasteiger partial charge on any atom is -0.372 e. The fourth-order valence-electron chi connectivity index (χ4n) is 5.15. The SMILES string of the molecule is CS(=O)(=O)c1ccc(N2CCC(C3CCN(C(=O)C4(C(F)(F)F)CC4)CC3)CC2)cc1. The molecule has 3 fully saturated rings. The van der Waals surface area contributed by atoms with Crippen molar-refractivity contribution in [1.82, 2.24) is 4.90 Å². The molecule has 3 aliphatic rings. The highest BCUT2D eigenvalue weighted by atomic mass is 32.2. The van der Waals surface area contributed by atoms with Gasteiger partial charge < -0.3 is 9.80 Å². The largest absolute Gasteiger partial charge is 0.403 e. The van der Waals surface area contributed by atoms with E-state index < -0.39 is 27.3 Å². The second kappa shape index (κ2) is 7.98. The number of carbonyl (C=O) groups excluding carboxylic acids is 1. The van der Waals surface area contributed by atoms with E-state index in [1.807, 2.05) is 12.1 Å². The van der Waals surface area contributed by atoms with Crippen LogP contribution in [0.5, 0.6) is 0 Å². The van der Waals surface area contributed by atoms with Gasteiger partial charge in [0.2, 0.25) is 5.91 Å². The van der Waals surface area contributed by atoms with E-state index in [1.165, 1.54) is 11.2 Å². The van der Waals surface area contributed by atoms with E-state index in [0.717, 1.165) is 44.5 Å². The second-order valence-electron chi connectivity index (χ2n) is 9.30. The minimum absolute atomic E-state index is 0.0705. The Balaban J connectivity index is 1.27. The normalized spacial score (nSPS) is 23.1. The maximum absolute atomic E-state index is 13.2. The van der Waals surface area contributed by atoms with Gasteiger partial charge in [-0.2, -0.15) is 13.2 Å². The lowest BCUT2D eigenvalue weighted by atomic mass is 9.78. The number of amides is 1. The van der Waals surface area contributed by atoms with Gasteiger partial charge in [-0.1, -0.05) is 0 Å². The van der Waals surface area contributed by atoms with E-state index in [1.54, 1.807) is 12.1 Å². The molecule has 0 aromatic heterocycles. The van der Waals surface area contributed by atoms with Crippen molar-refractivity contribution in [3.63, 3.8) is 0 Å². The minimum atomic E-state index is -4.44. The average molecular weight is 459 g/mol. The number of likely N-dealkylation sites (tertiary alicyclic amines) is 1. The van der Waals surface area contributed by atoms with Crippen molar-refractivity contribution in [3.05, 3.63) is 24.3 Å². The maximum atomic E-state index is 13.2. The summed E-state index contributed by atoms with van der Waals surface area (Å²) in [7, 11) is -3.21. The first kappa shape index (κ1) is 22.4. The molecule has 1 aromatic rings. The molecule has 2 saturated heterocycles. The number of hydrogen-bond donors (Lipinski definition) is 0. The van der Waals surface area contributed by atoms with Crippen LogP contribution in [0, 0.1) is 17.3 Å². The number of rotatable bonds is 4. The molecule has 2 heterocycles. The lowest BCUT2D eigenvalue weighted by Crippen LogP contribution is -2.48. The molecule has 1 saturated carbocycles. The first-order chi connectivity index (χ1) is 14.5. The average Bonchev–Trinajstić information content (AvgIpc) is 3.55. The molecule has 5 nitrogen and oxygen atoms in total. The molecule has 172 valence electrons. The molecule has 0 bridgehead atoms. The summed E-state index contributed by atoms with van der Waals surface area (Å²) in [5.74, 6) is 0.243. The summed E-state index contributed by atoms with van der Waals surface area (Å²) in [5, 5.41) is 0. The number of nitrogens with zero attached hydrogens (tertiary/aromatic N) is 2. The number of alkyl halides is 3. The topological polar surface area (TPSA) is 57.7 Å². The summed E-state index contributed by atoms with van der Waals surface area (Å²) in [6, 6.07) is 6.96. The second-order valence-corrected chi connectivity index (χ2v) is 11.3. The van der Waals surface area contributed by atoms with Crippen molar-refractivity contribution in [2.75, 3.05) is 37.3 Å². The number of hydrogen-bond acceptors (Lipinski definition) is 4. The van der Waals surface area contributed by atoms with Crippen molar-refractivity contribution in [3.8, 4) is 0 Å². The third-order valence-electron chi connectivity index (χ3n) is 7.37. The highest BCUT2D eigenvalue weighted by Crippen LogP contribution is 2.58. The molecule has 4 rings (SSSR count). The number of carbonyl (C=O) groups is 1. The molecule has 0 unspecified atom stereocenters. The van der Waals surface area contributed by atoms with Crippen molar-refractivity contribution >= 4 is 21.4 Å². The van der Waals surface area contributed by atoms with E-state index in [0.29, 0.717) is 29.8 Å². The molecule has 0 radical (unpaired) electrons. The summed E-state index contributed by atoms with van der Waals surface area (Å²) in [6.07, 6.45) is 0.156. The van der Waals surface area contributed by atoms with Crippen LogP contribution in [-0.2, 0) is 14.6 Å². The predicted octanol–water partition coefficient (Wildman–Crippen LogP) is 3.89. The van der Waals surface area contributed by atoms with E-state index >= 15 is 0 Å². The number of anilines is 1. The van der Waals surface area contributed by atoms with Gasteiger partial charge in [0, 0.05) is 38.1 Å². The van der Waals surface area contributed by atoms with E-state index in [-0.39, 0.29) is 12.8 Å². The zero-order chi connectivity index (χ0) is 22.4. The van der Waals surface area contributed by atoms with Gasteiger partial charge in [0.1, 0.15) is 5.41 Å². The lowest BCUT2D eigenvalue weighted by molar-refractivity contribution is -0.199. The summed E-state index contributed by atoms with van der Waals surface area (Å²) in [6.45, 7) is 2.60. The van der Waals surface area contributed by atoms with Gasteiger partial charge in [-0.3, -0.25) is 4.79 Å². The molecule has 0 spiro atoms. The Hall–Kier alpha value is -1.77. The third-order valence-corrected chi connectivity index (χ3v) is 8.49. The Bertz CT molecular complexity index is 910. The Morgan fingerprint density at radius 1 is 0.935 bits per heavy atom. The Morgan fingerprint density at radius 2 is 1.42 bits per heavy atom. The fraction of sp³-hybridized carbons (Fsp3) is 0.682. The molecule has 0 atom stereocenters. The van der Waals surface area contributed by atoms with Crippen LogP contribution in [-0.4, -0.2) is 57.8 Å². The highest BCUT2D eigenvalue weighted by molar-refractivity contribution is 7.90. The summed E-state index contributed by atoms with van der Waals surface area (Å²) in [5.41, 5.74) is -1.09. The van der Waals surface area contributed by atoms with Crippen LogP contribution in [0.3, 0.4) is 0 Å². The van der Waals surface area contributed by atoms with Gasteiger partial charge >= 0.3 is 6.18 Å².